The fraction of sp³-hybridized carbons (Fsp3) is 0.600. The smallest absolute Gasteiger partial charge is 0.0541 e. The molecular weight excluding hydrogens is 262 g/mol. The third-order valence-corrected chi connectivity index (χ3v) is 4.82. The second-order valence-electron chi connectivity index (χ2n) is 4.02. The van der Waals surface area contributed by atoms with E-state index in [1.165, 1.54) is 4.88 Å². The topological polar surface area (TPSA) is 46.2 Å². The molecule has 0 atom stereocenters. The van der Waals surface area contributed by atoms with Crippen molar-refractivity contribution in [2.45, 2.75) is 37.3 Å². The number of thiophene rings is 1. The highest BCUT2D eigenvalue weighted by Gasteiger charge is 2.33. The highest BCUT2D eigenvalue weighted by molar-refractivity contribution is 9.10. The van der Waals surface area contributed by atoms with Crippen LogP contribution in [0, 0.1) is 0 Å². The minimum atomic E-state index is -0.198. The molecule has 2 rings (SSSR count). The van der Waals surface area contributed by atoms with Crippen molar-refractivity contribution in [3.8, 4) is 0 Å². The van der Waals surface area contributed by atoms with Gasteiger partial charge in [-0.3, -0.25) is 0 Å². The first-order chi connectivity index (χ1) is 6.60. The lowest BCUT2D eigenvalue weighted by atomic mass is 9.80. The van der Waals surface area contributed by atoms with Gasteiger partial charge in [-0.15, -0.1) is 11.3 Å². The van der Waals surface area contributed by atoms with Gasteiger partial charge >= 0.3 is 0 Å². The lowest BCUT2D eigenvalue weighted by molar-refractivity contribution is 0.0979. The van der Waals surface area contributed by atoms with Crippen molar-refractivity contribution in [1.29, 1.82) is 0 Å². The predicted octanol–water partition coefficient (Wildman–Crippen LogP) is 2.60. The quantitative estimate of drug-likeness (QED) is 0.828. The second-order valence-corrected chi connectivity index (χ2v) is 5.84. The van der Waals surface area contributed by atoms with Crippen molar-refractivity contribution in [3.05, 3.63) is 20.8 Å². The molecule has 1 saturated carbocycles. The normalized spacial score (nSPS) is 33.2. The molecule has 1 heterocycles. The van der Waals surface area contributed by atoms with E-state index < -0.39 is 0 Å². The molecule has 0 bridgehead atoms. The van der Waals surface area contributed by atoms with E-state index >= 15 is 0 Å². The molecule has 0 aliphatic heterocycles. The van der Waals surface area contributed by atoms with Gasteiger partial charge in [0.2, 0.25) is 0 Å². The Morgan fingerprint density at radius 2 is 2.14 bits per heavy atom. The molecule has 1 aromatic heterocycles. The van der Waals surface area contributed by atoms with Gasteiger partial charge in [0.25, 0.3) is 0 Å². The lowest BCUT2D eigenvalue weighted by Crippen LogP contribution is -2.40. The van der Waals surface area contributed by atoms with E-state index in [-0.39, 0.29) is 11.6 Å². The van der Waals surface area contributed by atoms with Crippen LogP contribution >= 0.6 is 27.3 Å². The van der Waals surface area contributed by atoms with Crippen LogP contribution in [0.3, 0.4) is 0 Å². The van der Waals surface area contributed by atoms with Crippen LogP contribution in [0.4, 0.5) is 0 Å². The van der Waals surface area contributed by atoms with E-state index in [2.05, 4.69) is 27.4 Å². The van der Waals surface area contributed by atoms with E-state index in [1.54, 1.807) is 11.3 Å². The Bertz CT molecular complexity index is 318. The Morgan fingerprint density at radius 1 is 1.50 bits per heavy atom. The Morgan fingerprint density at radius 3 is 2.64 bits per heavy atom. The zero-order chi connectivity index (χ0) is 10.2. The fourth-order valence-corrected chi connectivity index (χ4v) is 3.54. The number of hydrogen-bond donors (Lipinski definition) is 2. The molecule has 1 aromatic rings. The van der Waals surface area contributed by atoms with E-state index in [0.29, 0.717) is 0 Å². The van der Waals surface area contributed by atoms with Gasteiger partial charge in [0.05, 0.1) is 11.6 Å². The SMILES string of the molecule is NC1(c2cc(Br)cs2)CCC(O)CC1. The predicted molar refractivity (Wildman–Crippen MR) is 62.4 cm³/mol. The molecule has 4 heteroatoms. The molecule has 0 unspecified atom stereocenters. The van der Waals surface area contributed by atoms with Crippen molar-refractivity contribution in [2.24, 2.45) is 5.73 Å². The summed E-state index contributed by atoms with van der Waals surface area (Å²) in [5.74, 6) is 0. The maximum atomic E-state index is 9.43. The Balaban J connectivity index is 2.16. The minimum absolute atomic E-state index is 0.143. The summed E-state index contributed by atoms with van der Waals surface area (Å²) in [7, 11) is 0. The third kappa shape index (κ3) is 2.03. The number of halogens is 1. The first-order valence-electron chi connectivity index (χ1n) is 4.82. The Labute approximate surface area is 96.3 Å². The monoisotopic (exact) mass is 275 g/mol. The molecule has 1 fully saturated rings. The first kappa shape index (κ1) is 10.6. The van der Waals surface area contributed by atoms with Gasteiger partial charge in [0, 0.05) is 14.7 Å². The zero-order valence-electron chi connectivity index (χ0n) is 7.87. The summed E-state index contributed by atoms with van der Waals surface area (Å²) in [6.07, 6.45) is 3.29. The van der Waals surface area contributed by atoms with Crippen molar-refractivity contribution < 1.29 is 5.11 Å². The number of aliphatic hydroxyl groups excluding tert-OH is 1. The average molecular weight is 276 g/mol. The summed E-state index contributed by atoms with van der Waals surface area (Å²) in [6.45, 7) is 0. The van der Waals surface area contributed by atoms with Crippen LogP contribution in [0.1, 0.15) is 30.6 Å². The molecule has 1 aliphatic carbocycles. The summed E-state index contributed by atoms with van der Waals surface area (Å²) in [4.78, 5) is 1.23. The highest BCUT2D eigenvalue weighted by Crippen LogP contribution is 2.38. The Hall–Kier alpha value is 0.1000. The summed E-state index contributed by atoms with van der Waals surface area (Å²) in [5.41, 5.74) is 6.14. The van der Waals surface area contributed by atoms with Crippen molar-refractivity contribution in [2.75, 3.05) is 0 Å². The standard InChI is InChI=1S/C10H14BrNOS/c11-7-5-9(14-6-7)10(12)3-1-8(13)2-4-10/h5-6,8,13H,1-4,12H2. The van der Waals surface area contributed by atoms with Crippen LogP contribution in [0.5, 0.6) is 0 Å². The van der Waals surface area contributed by atoms with Crippen molar-refractivity contribution in [1.82, 2.24) is 0 Å². The maximum Gasteiger partial charge on any atom is 0.0541 e. The summed E-state index contributed by atoms with van der Waals surface area (Å²) in [5, 5.41) is 11.5. The molecule has 0 saturated heterocycles. The third-order valence-electron chi connectivity index (χ3n) is 2.91. The summed E-state index contributed by atoms with van der Waals surface area (Å²) < 4.78 is 1.11. The molecule has 0 radical (unpaired) electrons. The van der Waals surface area contributed by atoms with Crippen LogP contribution in [-0.2, 0) is 5.54 Å². The first-order valence-corrected chi connectivity index (χ1v) is 6.49. The molecule has 3 N–H and O–H groups in total. The van der Waals surface area contributed by atoms with Crippen LogP contribution in [-0.4, -0.2) is 11.2 Å². The van der Waals surface area contributed by atoms with Crippen LogP contribution in [0.15, 0.2) is 15.9 Å². The largest absolute Gasteiger partial charge is 0.393 e. The van der Waals surface area contributed by atoms with Gasteiger partial charge in [-0.1, -0.05) is 0 Å². The molecule has 0 aromatic carbocycles. The molecular formula is C10H14BrNOS. The van der Waals surface area contributed by atoms with E-state index in [4.69, 9.17) is 5.73 Å². The maximum absolute atomic E-state index is 9.43. The average Bonchev–Trinajstić information content (AvgIpc) is 2.58. The molecule has 14 heavy (non-hydrogen) atoms. The van der Waals surface area contributed by atoms with Crippen LogP contribution < -0.4 is 5.73 Å². The molecule has 0 amide bonds. The number of nitrogens with two attached hydrogens (primary N) is 1. The number of hydrogen-bond acceptors (Lipinski definition) is 3. The van der Waals surface area contributed by atoms with Gasteiger partial charge in [-0.05, 0) is 47.7 Å². The number of aliphatic hydroxyl groups is 1. The van der Waals surface area contributed by atoms with Crippen LogP contribution in [0.2, 0.25) is 0 Å². The lowest BCUT2D eigenvalue weighted by Gasteiger charge is -2.34. The molecule has 1 aliphatic rings. The summed E-state index contributed by atoms with van der Waals surface area (Å²) in [6, 6.07) is 2.10. The Kier molecular flexibility index (Phi) is 2.98. The van der Waals surface area contributed by atoms with Gasteiger partial charge in [-0.2, -0.15) is 0 Å². The summed E-state index contributed by atoms with van der Waals surface area (Å²) >= 11 is 5.14. The fourth-order valence-electron chi connectivity index (χ4n) is 1.94. The zero-order valence-corrected chi connectivity index (χ0v) is 10.3. The van der Waals surface area contributed by atoms with Gasteiger partial charge in [0.1, 0.15) is 0 Å². The van der Waals surface area contributed by atoms with Crippen molar-refractivity contribution in [3.63, 3.8) is 0 Å². The van der Waals surface area contributed by atoms with E-state index in [1.807, 2.05) is 0 Å². The molecule has 78 valence electrons. The molecule has 2 nitrogen and oxygen atoms in total. The van der Waals surface area contributed by atoms with Gasteiger partial charge in [0.15, 0.2) is 0 Å². The van der Waals surface area contributed by atoms with E-state index in [9.17, 15) is 5.11 Å². The van der Waals surface area contributed by atoms with E-state index in [0.717, 1.165) is 30.2 Å². The molecule has 0 spiro atoms. The van der Waals surface area contributed by atoms with Gasteiger partial charge in [-0.25, -0.2) is 0 Å². The minimum Gasteiger partial charge on any atom is -0.393 e. The van der Waals surface area contributed by atoms with Gasteiger partial charge < -0.3 is 10.8 Å². The van der Waals surface area contributed by atoms with Crippen molar-refractivity contribution >= 4 is 27.3 Å². The van der Waals surface area contributed by atoms with Crippen LogP contribution in [0.25, 0.3) is 0 Å². The number of rotatable bonds is 1. The highest BCUT2D eigenvalue weighted by atomic mass is 79.9. The second kappa shape index (κ2) is 3.93.